The number of alkyl halides is 3. The normalized spacial score (nSPS) is 15.7. The van der Waals surface area contributed by atoms with Gasteiger partial charge in [0.2, 0.25) is 6.29 Å². The molecule has 2 unspecified atom stereocenters. The number of hydrogen-bond donors (Lipinski definition) is 0. The number of aliphatic imine (C=N–C) groups is 1. The van der Waals surface area contributed by atoms with Gasteiger partial charge in [-0.3, -0.25) is 0 Å². The lowest BCUT2D eigenvalue weighted by molar-refractivity contribution is -0.235. The van der Waals surface area contributed by atoms with Gasteiger partial charge in [0.1, 0.15) is 18.3 Å². The number of para-hydroxylation sites is 1. The first-order valence-corrected chi connectivity index (χ1v) is 15.6. The Morgan fingerprint density at radius 1 is 0.841 bits per heavy atom. The highest BCUT2D eigenvalue weighted by Crippen LogP contribution is 2.26. The van der Waals surface area contributed by atoms with Crippen LogP contribution in [0.1, 0.15) is 73.1 Å². The number of unbranched alkanes of at least 4 members (excludes halogenated alkanes) is 3. The maximum Gasteiger partial charge on any atom is 0.468 e. The van der Waals surface area contributed by atoms with Crippen LogP contribution in [0.3, 0.4) is 0 Å². The Morgan fingerprint density at radius 2 is 1.45 bits per heavy atom. The van der Waals surface area contributed by atoms with Gasteiger partial charge in [0, 0.05) is 37.9 Å². The minimum absolute atomic E-state index is 0.0345. The summed E-state index contributed by atoms with van der Waals surface area (Å²) in [4.78, 5) is 6.53. The highest BCUT2D eigenvalue weighted by molar-refractivity contribution is 5.84. The molecule has 0 aromatic heterocycles. The van der Waals surface area contributed by atoms with Gasteiger partial charge in [-0.1, -0.05) is 70.3 Å². The summed E-state index contributed by atoms with van der Waals surface area (Å²) >= 11 is 0. The molecule has 0 aliphatic rings. The zero-order chi connectivity index (χ0) is 32.6. The van der Waals surface area contributed by atoms with E-state index in [0.717, 1.165) is 32.1 Å². The van der Waals surface area contributed by atoms with Gasteiger partial charge < -0.3 is 28.4 Å². The van der Waals surface area contributed by atoms with Crippen LogP contribution in [0.25, 0.3) is 10.4 Å². The third-order valence-corrected chi connectivity index (χ3v) is 6.34. The predicted octanol–water partition coefficient (Wildman–Crippen LogP) is 8.18. The monoisotopic (exact) mass is 632 g/mol. The minimum Gasteiger partial charge on any atom is -0.441 e. The standard InChI is InChI=1S/C31H51F3N4O6/c1-6-9-17-39-22-27(42-19-11-8-3)28(23-40-21-24(4)20-36-38-35)43-29(25(5)41-18-10-7-2)44-30(31(32,33)34)37-26-15-13-12-14-16-26/h12-16,24-25,27-29H,6-11,17-23H2,1-5H3/b37-30+/t24?,25-,27+,28?,29-/m0/s1. The molecular formula is C31H51F3N4O6. The van der Waals surface area contributed by atoms with E-state index in [9.17, 15) is 13.2 Å². The molecular weight excluding hydrogens is 581 g/mol. The molecule has 0 saturated carbocycles. The SMILES string of the molecule is CCCCOC[C@@H](OCCCC)C(COCC(C)CN=[N+]=[N-])O[C@@H](O/C(=N/c1ccccc1)C(F)(F)F)[C@H](C)OCCCC. The third-order valence-electron chi connectivity index (χ3n) is 6.34. The van der Waals surface area contributed by atoms with E-state index >= 15 is 0 Å². The number of ether oxygens (including phenoxy) is 6. The van der Waals surface area contributed by atoms with Crippen LogP contribution in [0.2, 0.25) is 0 Å². The van der Waals surface area contributed by atoms with Crippen molar-refractivity contribution in [3.63, 3.8) is 0 Å². The van der Waals surface area contributed by atoms with Crippen molar-refractivity contribution in [3.8, 4) is 0 Å². The molecule has 0 heterocycles. The van der Waals surface area contributed by atoms with E-state index in [-0.39, 0.29) is 38.0 Å². The van der Waals surface area contributed by atoms with Crippen molar-refractivity contribution < 1.29 is 41.6 Å². The summed E-state index contributed by atoms with van der Waals surface area (Å²) in [6.45, 7) is 11.3. The Morgan fingerprint density at radius 3 is 2.07 bits per heavy atom. The van der Waals surface area contributed by atoms with Crippen LogP contribution in [-0.2, 0) is 28.4 Å². The fraction of sp³-hybridized carbons (Fsp3) is 0.774. The smallest absolute Gasteiger partial charge is 0.441 e. The molecule has 0 N–H and O–H groups in total. The van der Waals surface area contributed by atoms with Gasteiger partial charge in [-0.25, -0.2) is 4.99 Å². The number of benzene rings is 1. The van der Waals surface area contributed by atoms with Crippen molar-refractivity contribution in [1.29, 1.82) is 0 Å². The Labute approximate surface area is 260 Å². The highest BCUT2D eigenvalue weighted by Gasteiger charge is 2.42. The number of rotatable bonds is 25. The second kappa shape index (κ2) is 23.9. The fourth-order valence-corrected chi connectivity index (χ4v) is 3.72. The van der Waals surface area contributed by atoms with Crippen molar-refractivity contribution in [2.45, 2.75) is 104 Å². The van der Waals surface area contributed by atoms with Crippen molar-refractivity contribution in [2.75, 3.05) is 46.2 Å². The van der Waals surface area contributed by atoms with Crippen LogP contribution in [0, 0.1) is 5.92 Å². The molecule has 1 aromatic carbocycles. The van der Waals surface area contributed by atoms with Gasteiger partial charge in [-0.15, -0.1) is 0 Å². The van der Waals surface area contributed by atoms with E-state index in [1.165, 1.54) is 12.1 Å². The predicted molar refractivity (Wildman–Crippen MR) is 164 cm³/mol. The summed E-state index contributed by atoms with van der Waals surface area (Å²) in [5.41, 5.74) is 8.71. The Bertz CT molecular complexity index is 935. The molecule has 44 heavy (non-hydrogen) atoms. The van der Waals surface area contributed by atoms with Gasteiger partial charge in [-0.2, -0.15) is 13.2 Å². The van der Waals surface area contributed by atoms with E-state index in [0.29, 0.717) is 26.2 Å². The Kier molecular flexibility index (Phi) is 21.5. The van der Waals surface area contributed by atoms with E-state index in [1.807, 2.05) is 27.7 Å². The zero-order valence-electron chi connectivity index (χ0n) is 26.8. The summed E-state index contributed by atoms with van der Waals surface area (Å²) in [6.07, 6.45) is -3.83. The fourth-order valence-electron chi connectivity index (χ4n) is 3.72. The lowest BCUT2D eigenvalue weighted by Gasteiger charge is -2.33. The molecule has 0 aliphatic heterocycles. The van der Waals surface area contributed by atoms with Gasteiger partial charge in [0.15, 0.2) is 0 Å². The summed E-state index contributed by atoms with van der Waals surface area (Å²) in [7, 11) is 0. The van der Waals surface area contributed by atoms with Crippen LogP contribution < -0.4 is 0 Å². The highest BCUT2D eigenvalue weighted by atomic mass is 19.4. The molecule has 0 fully saturated rings. The van der Waals surface area contributed by atoms with Crippen LogP contribution in [0.4, 0.5) is 18.9 Å². The largest absolute Gasteiger partial charge is 0.468 e. The maximum absolute atomic E-state index is 14.2. The lowest BCUT2D eigenvalue weighted by Crippen LogP contribution is -2.47. The van der Waals surface area contributed by atoms with E-state index in [2.05, 4.69) is 15.0 Å². The maximum atomic E-state index is 14.2. The minimum atomic E-state index is -4.90. The quantitative estimate of drug-likeness (QED) is 0.0204. The van der Waals surface area contributed by atoms with E-state index in [4.69, 9.17) is 34.0 Å². The average Bonchev–Trinajstić information content (AvgIpc) is 3.00. The van der Waals surface area contributed by atoms with Crippen LogP contribution in [-0.4, -0.2) is 82.9 Å². The first kappa shape index (κ1) is 39.6. The van der Waals surface area contributed by atoms with Crippen molar-refractivity contribution in [3.05, 3.63) is 40.8 Å². The number of azide groups is 1. The molecule has 252 valence electrons. The van der Waals surface area contributed by atoms with Crippen LogP contribution >= 0.6 is 0 Å². The molecule has 10 nitrogen and oxygen atoms in total. The molecule has 0 spiro atoms. The van der Waals surface area contributed by atoms with Crippen molar-refractivity contribution >= 4 is 11.6 Å². The molecule has 0 saturated heterocycles. The average molecular weight is 633 g/mol. The van der Waals surface area contributed by atoms with Crippen LogP contribution in [0.15, 0.2) is 40.4 Å². The summed E-state index contributed by atoms with van der Waals surface area (Å²) in [5, 5.41) is 3.58. The Hall–Kier alpha value is -2.41. The first-order valence-electron chi connectivity index (χ1n) is 15.6. The molecule has 0 bridgehead atoms. The second-order valence-electron chi connectivity index (χ2n) is 10.6. The topological polar surface area (TPSA) is 117 Å². The third kappa shape index (κ3) is 17.8. The Balaban J connectivity index is 3.38. The molecule has 13 heteroatoms. The van der Waals surface area contributed by atoms with Gasteiger partial charge >= 0.3 is 6.18 Å². The van der Waals surface area contributed by atoms with Gasteiger partial charge in [-0.05, 0) is 49.8 Å². The zero-order valence-corrected chi connectivity index (χ0v) is 26.8. The molecule has 1 aromatic rings. The number of nitrogens with zero attached hydrogens (tertiary/aromatic N) is 4. The lowest BCUT2D eigenvalue weighted by atomic mass is 10.2. The molecule has 5 atom stereocenters. The van der Waals surface area contributed by atoms with Crippen molar-refractivity contribution in [2.24, 2.45) is 16.0 Å². The number of halogens is 3. The summed E-state index contributed by atoms with van der Waals surface area (Å²) in [6, 6.07) is 7.76. The number of hydrogen-bond acceptors (Lipinski definition) is 8. The first-order chi connectivity index (χ1) is 21.2. The van der Waals surface area contributed by atoms with Gasteiger partial charge in [0.05, 0.1) is 18.9 Å². The molecule has 0 radical (unpaired) electrons. The van der Waals surface area contributed by atoms with E-state index in [1.54, 1.807) is 25.1 Å². The molecule has 0 amide bonds. The summed E-state index contributed by atoms with van der Waals surface area (Å²) in [5.74, 6) is -1.55. The second-order valence-corrected chi connectivity index (χ2v) is 10.6. The van der Waals surface area contributed by atoms with E-state index < -0.39 is 36.7 Å². The molecule has 1 rings (SSSR count). The van der Waals surface area contributed by atoms with Crippen molar-refractivity contribution in [1.82, 2.24) is 0 Å². The molecule has 0 aliphatic carbocycles. The van der Waals surface area contributed by atoms with Gasteiger partial charge in [0.25, 0.3) is 5.90 Å². The van der Waals surface area contributed by atoms with Crippen LogP contribution in [0.5, 0.6) is 0 Å². The summed E-state index contributed by atoms with van der Waals surface area (Å²) < 4.78 is 78.2.